The maximum Gasteiger partial charge on any atom is 0.303 e. The summed E-state index contributed by atoms with van der Waals surface area (Å²) < 4.78 is 66.0. The van der Waals surface area contributed by atoms with Crippen molar-refractivity contribution in [2.75, 3.05) is 12.0 Å². The maximum absolute atomic E-state index is 14.1. The second-order valence-corrected chi connectivity index (χ2v) is 16.7. The first-order chi connectivity index (χ1) is 32.1. The van der Waals surface area contributed by atoms with Crippen LogP contribution in [0.5, 0.6) is 11.5 Å². The number of amides is 1. The Morgan fingerprint density at radius 2 is 1.23 bits per heavy atom. The first kappa shape index (κ1) is 45.9. The van der Waals surface area contributed by atoms with Crippen LogP contribution in [0.15, 0.2) is 170 Å². The Kier molecular flexibility index (Phi) is 15.0. The van der Waals surface area contributed by atoms with Gasteiger partial charge in [0.2, 0.25) is 5.91 Å². The molecule has 1 aliphatic carbocycles. The van der Waals surface area contributed by atoms with Crippen molar-refractivity contribution in [3.63, 3.8) is 0 Å². The summed E-state index contributed by atoms with van der Waals surface area (Å²) in [6, 6.07) is 46.5. The van der Waals surface area contributed by atoms with Crippen molar-refractivity contribution < 1.29 is 46.8 Å². The molecule has 0 N–H and O–H groups in total. The van der Waals surface area contributed by atoms with Crippen molar-refractivity contribution >= 4 is 17.6 Å². The molecule has 1 amide bonds. The van der Waals surface area contributed by atoms with E-state index in [2.05, 4.69) is 6.58 Å². The molecular weight excluding hydrogens is 841 g/mol. The van der Waals surface area contributed by atoms with Crippen LogP contribution in [-0.4, -0.2) is 43.4 Å². The normalized spacial score (nSPS) is 20.9. The summed E-state index contributed by atoms with van der Waals surface area (Å²) in [5.74, 6) is -0.603. The zero-order valence-corrected chi connectivity index (χ0v) is 37.0. The van der Waals surface area contributed by atoms with E-state index < -0.39 is 60.1 Å². The van der Waals surface area contributed by atoms with Gasteiger partial charge in [-0.2, -0.15) is 0 Å². The minimum atomic E-state index is -0.678. The van der Waals surface area contributed by atoms with Crippen LogP contribution in [0.1, 0.15) is 66.1 Å². The van der Waals surface area contributed by atoms with Crippen molar-refractivity contribution in [1.82, 2.24) is 0 Å². The van der Waals surface area contributed by atoms with E-state index in [1.165, 1.54) is 31.2 Å². The summed E-state index contributed by atoms with van der Waals surface area (Å²) in [7, 11) is 1.63. The number of benzene rings is 6. The van der Waals surface area contributed by atoms with E-state index in [1.54, 1.807) is 36.3 Å². The van der Waals surface area contributed by atoms with Crippen LogP contribution in [0.4, 0.5) is 14.5 Å². The molecule has 66 heavy (non-hydrogen) atoms. The molecule has 6 aromatic rings. The monoisotopic (exact) mass is 893 g/mol. The van der Waals surface area contributed by atoms with Crippen LogP contribution in [0.2, 0.25) is 0 Å². The predicted molar refractivity (Wildman–Crippen MR) is 246 cm³/mol. The summed E-state index contributed by atoms with van der Waals surface area (Å²) in [6.45, 7) is 6.76. The van der Waals surface area contributed by atoms with Crippen molar-refractivity contribution in [3.8, 4) is 11.5 Å². The van der Waals surface area contributed by atoms with Gasteiger partial charge in [-0.15, -0.1) is 0 Å². The molecule has 0 unspecified atom stereocenters. The molecule has 7 atom stereocenters. The van der Waals surface area contributed by atoms with Gasteiger partial charge >= 0.3 is 5.97 Å². The Bertz CT molecular complexity index is 2520. The second kappa shape index (κ2) is 21.6. The van der Waals surface area contributed by atoms with E-state index >= 15 is 0 Å². The average molecular weight is 894 g/mol. The van der Waals surface area contributed by atoms with E-state index in [4.69, 9.17) is 28.4 Å². The Balaban J connectivity index is 1.05. The van der Waals surface area contributed by atoms with Gasteiger partial charge in [-0.3, -0.25) is 9.59 Å². The largest absolute Gasteiger partial charge is 0.497 e. The highest BCUT2D eigenvalue weighted by atomic mass is 19.1. The highest BCUT2D eigenvalue weighted by molar-refractivity contribution is 6.03. The van der Waals surface area contributed by atoms with Crippen LogP contribution >= 0.6 is 0 Å². The molecule has 11 heteroatoms. The maximum atomic E-state index is 14.1. The van der Waals surface area contributed by atoms with Crippen LogP contribution in [0.25, 0.3) is 0 Å². The van der Waals surface area contributed by atoms with E-state index in [9.17, 15) is 18.4 Å². The molecule has 1 aliphatic heterocycles. The molecule has 2 fully saturated rings. The van der Waals surface area contributed by atoms with Gasteiger partial charge in [0.05, 0.1) is 38.9 Å². The highest BCUT2D eigenvalue weighted by Gasteiger charge is 2.49. The number of hydrogen-bond acceptors (Lipinski definition) is 8. The summed E-state index contributed by atoms with van der Waals surface area (Å²) >= 11 is 0. The van der Waals surface area contributed by atoms with E-state index in [-0.39, 0.29) is 5.91 Å². The van der Waals surface area contributed by atoms with Gasteiger partial charge in [0.1, 0.15) is 53.7 Å². The lowest BCUT2D eigenvalue weighted by Crippen LogP contribution is -2.55. The molecule has 0 aromatic heterocycles. The van der Waals surface area contributed by atoms with Gasteiger partial charge in [0.25, 0.3) is 0 Å². The topological polar surface area (TPSA) is 92.8 Å². The summed E-state index contributed by atoms with van der Waals surface area (Å²) in [5.41, 5.74) is 5.79. The van der Waals surface area contributed by atoms with Crippen LogP contribution in [0, 0.1) is 17.6 Å². The fourth-order valence-electron chi connectivity index (χ4n) is 8.78. The van der Waals surface area contributed by atoms with Gasteiger partial charge < -0.3 is 33.3 Å². The van der Waals surface area contributed by atoms with Crippen molar-refractivity contribution in [2.24, 2.45) is 5.92 Å². The number of hydrogen-bond donors (Lipinski definition) is 0. The van der Waals surface area contributed by atoms with E-state index in [0.717, 1.165) is 33.6 Å². The third-order valence-electron chi connectivity index (χ3n) is 12.1. The molecule has 9 nitrogen and oxygen atoms in total. The number of halogens is 2. The van der Waals surface area contributed by atoms with Crippen molar-refractivity contribution in [3.05, 3.63) is 209 Å². The summed E-state index contributed by atoms with van der Waals surface area (Å²) in [5, 5.41) is 0. The Labute approximate surface area is 384 Å². The molecule has 0 spiro atoms. The average Bonchev–Trinajstić information content (AvgIpc) is 3.33. The number of methoxy groups -OCH3 is 1. The van der Waals surface area contributed by atoms with Crippen LogP contribution < -0.4 is 14.4 Å². The molecule has 8 rings (SSSR count). The second-order valence-electron chi connectivity index (χ2n) is 16.7. The number of ether oxygens (including phenoxy) is 6. The van der Waals surface area contributed by atoms with Gasteiger partial charge in [-0.25, -0.2) is 8.78 Å². The van der Waals surface area contributed by atoms with Gasteiger partial charge in [0, 0.05) is 19.0 Å². The molecule has 0 radical (unpaired) electrons. The SMILES string of the molecule is C=C1C[C@@H](Oc2ccc([C@@H]3[C@@H](CC[C@H](OC(C)=O)c4ccc(F)cc4)C(=O)N3c3ccc(F)cc3)cc2)[C@H](OCc2ccccc2)[C@@H](OCc2ccccc2)[C@@H]1OCc1ccc(OC)cc1. The lowest BCUT2D eigenvalue weighted by Gasteiger charge is -2.48. The Morgan fingerprint density at radius 1 is 0.682 bits per heavy atom. The number of β-lactam (4-membered cyclic amide) rings is 1. The zero-order chi connectivity index (χ0) is 46.0. The lowest BCUT2D eigenvalue weighted by atomic mass is 9.78. The molecule has 1 heterocycles. The molecular formula is C55H53F2NO8. The molecule has 6 aromatic carbocycles. The van der Waals surface area contributed by atoms with Gasteiger partial charge in [-0.1, -0.05) is 104 Å². The fraction of sp³-hybridized carbons (Fsp3) is 0.273. The molecule has 0 bridgehead atoms. The highest BCUT2D eigenvalue weighted by Crippen LogP contribution is 2.47. The minimum absolute atomic E-state index is 0.142. The number of carbonyl (C=O) groups excluding carboxylic acids is 2. The smallest absolute Gasteiger partial charge is 0.303 e. The minimum Gasteiger partial charge on any atom is -0.497 e. The Hall–Kier alpha value is -6.66. The molecule has 1 saturated heterocycles. The predicted octanol–water partition coefficient (Wildman–Crippen LogP) is 11.2. The molecule has 340 valence electrons. The number of anilines is 1. The van der Waals surface area contributed by atoms with Gasteiger partial charge in [-0.05, 0) is 107 Å². The van der Waals surface area contributed by atoms with Gasteiger partial charge in [0.15, 0.2) is 0 Å². The van der Waals surface area contributed by atoms with Crippen molar-refractivity contribution in [2.45, 2.75) is 82.6 Å². The number of esters is 1. The van der Waals surface area contributed by atoms with Crippen LogP contribution in [-0.2, 0) is 48.4 Å². The molecule has 1 saturated carbocycles. The number of rotatable bonds is 19. The van der Waals surface area contributed by atoms with Crippen molar-refractivity contribution in [1.29, 1.82) is 0 Å². The molecule has 2 aliphatic rings. The third-order valence-corrected chi connectivity index (χ3v) is 12.1. The number of carbonyl (C=O) groups is 2. The Morgan fingerprint density at radius 3 is 1.82 bits per heavy atom. The van der Waals surface area contributed by atoms with E-state index in [1.807, 2.05) is 109 Å². The first-order valence-electron chi connectivity index (χ1n) is 22.1. The first-order valence-corrected chi connectivity index (χ1v) is 22.1. The van der Waals surface area contributed by atoms with Crippen LogP contribution in [0.3, 0.4) is 0 Å². The zero-order valence-electron chi connectivity index (χ0n) is 37.0. The number of nitrogens with zero attached hydrogens (tertiary/aromatic N) is 1. The lowest BCUT2D eigenvalue weighted by molar-refractivity contribution is -0.181. The quantitative estimate of drug-likeness (QED) is 0.0451. The summed E-state index contributed by atoms with van der Waals surface area (Å²) in [6.07, 6.45) is -1.80. The standard InChI is InChI=1S/C55H53F2NO8/c1-36-32-50(53(63-33-38-10-6-4-7-11-38)54(64-34-39-12-8-5-9-13-39)52(36)62-35-40-14-26-46(61-3)27-15-40)66-47-28-18-42(19-29-47)51-48(55(60)58(51)45-24-22-44(57)23-25-45)30-31-49(65-37(2)59)41-16-20-43(56)21-17-41/h4-29,48-54H,1,30-35H2,2-3H3/t48-,49+,50-,51-,52-,53+,54+/m1/s1. The third kappa shape index (κ3) is 11.2. The summed E-state index contributed by atoms with van der Waals surface area (Å²) in [4.78, 5) is 27.8. The van der Waals surface area contributed by atoms with E-state index in [0.29, 0.717) is 56.1 Å². The fourth-order valence-corrected chi connectivity index (χ4v) is 8.78.